The maximum atomic E-state index is 12.0. The second kappa shape index (κ2) is 20.2. The number of benzene rings is 2. The van der Waals surface area contributed by atoms with Gasteiger partial charge in [0.05, 0.1) is 18.8 Å². The molecule has 2 aromatic carbocycles. The van der Waals surface area contributed by atoms with Gasteiger partial charge in [0.15, 0.2) is 5.84 Å². The lowest BCUT2D eigenvalue weighted by Crippen LogP contribution is -2.33. The van der Waals surface area contributed by atoms with Crippen LogP contribution in [0, 0.1) is 5.92 Å². The van der Waals surface area contributed by atoms with Gasteiger partial charge in [-0.1, -0.05) is 68.8 Å². The number of carbonyl (C=O) groups excluding carboxylic acids is 2. The molecule has 3 N–H and O–H groups in total. The highest BCUT2D eigenvalue weighted by Gasteiger charge is 2.13. The molecule has 0 aromatic heterocycles. The molecule has 0 bridgehead atoms. The van der Waals surface area contributed by atoms with Crippen molar-refractivity contribution in [3.05, 3.63) is 60.2 Å². The first-order chi connectivity index (χ1) is 18.2. The minimum Gasteiger partial charge on any atom is -0.459 e. The molecule has 0 spiro atoms. The Kier molecular flexibility index (Phi) is 18.1. The number of esters is 1. The molecule has 210 valence electrons. The number of nitrogens with zero attached hydrogens (tertiary/aromatic N) is 1. The summed E-state index contributed by atoms with van der Waals surface area (Å²) in [6.07, 6.45) is 4.61. The Labute approximate surface area is 224 Å². The molecule has 0 saturated carbocycles. The summed E-state index contributed by atoms with van der Waals surface area (Å²) in [4.78, 5) is 32.5. The summed E-state index contributed by atoms with van der Waals surface area (Å²) in [5.74, 6) is -0.322. The topological polar surface area (TPSA) is 144 Å². The van der Waals surface area contributed by atoms with Gasteiger partial charge in [-0.15, -0.1) is 0 Å². The third kappa shape index (κ3) is 14.0. The number of amides is 1. The van der Waals surface area contributed by atoms with Crippen molar-refractivity contribution in [2.24, 2.45) is 11.1 Å². The summed E-state index contributed by atoms with van der Waals surface area (Å²) in [6.45, 7) is 7.91. The normalized spacial score (nSPS) is 12.3. The Morgan fingerprint density at radius 3 is 2.21 bits per heavy atom. The Balaban J connectivity index is 0.000000654. The molecule has 2 unspecified atom stereocenters. The van der Waals surface area contributed by atoms with E-state index in [1.165, 1.54) is 6.08 Å². The molecular weight excluding hydrogens is 492 g/mol. The van der Waals surface area contributed by atoms with Gasteiger partial charge in [-0.05, 0) is 48.7 Å². The predicted molar refractivity (Wildman–Crippen MR) is 147 cm³/mol. The van der Waals surface area contributed by atoms with Gasteiger partial charge >= 0.3 is 12.1 Å². The molecule has 2 atom stereocenters. The first-order valence-corrected chi connectivity index (χ1v) is 12.3. The summed E-state index contributed by atoms with van der Waals surface area (Å²) >= 11 is 0. The molecular formula is C28H40N2O8. The standard InChI is InChI=1S/C17H20O3.C9H16N2O2.C2H4O3/c1-3-6-16(19-2)12-20-17(18)15-10-9-13-7-4-5-8-14(13)11-15;1-4-6-8(11-13)10-9(12)7(3)5-2;1-5-2(3)4/h4-5,7-11,16H,3,6,12H2,1-2H3;4,6-7,13H,5H2,1-3H3,(H,10,11,12);1H3,(H,3,4)/b;6-4-;. The molecule has 1 amide bonds. The maximum Gasteiger partial charge on any atom is 0.505 e. The number of hydrogen-bond acceptors (Lipinski definition) is 8. The zero-order valence-electron chi connectivity index (χ0n) is 23.0. The number of oxime groups is 1. The molecule has 2 aromatic rings. The number of allylic oxidation sites excluding steroid dienone is 1. The largest absolute Gasteiger partial charge is 0.505 e. The number of ether oxygens (including phenoxy) is 3. The van der Waals surface area contributed by atoms with Gasteiger partial charge in [0.1, 0.15) is 6.61 Å². The third-order valence-corrected chi connectivity index (χ3v) is 5.25. The van der Waals surface area contributed by atoms with E-state index in [1.807, 2.05) is 50.2 Å². The molecule has 0 radical (unpaired) electrons. The lowest BCUT2D eigenvalue weighted by Gasteiger charge is -2.14. The van der Waals surface area contributed by atoms with E-state index in [1.54, 1.807) is 26.2 Å². The average molecular weight is 533 g/mol. The van der Waals surface area contributed by atoms with Gasteiger partial charge in [-0.25, -0.2) is 9.59 Å². The van der Waals surface area contributed by atoms with E-state index >= 15 is 0 Å². The van der Waals surface area contributed by atoms with E-state index in [2.05, 4.69) is 22.1 Å². The average Bonchev–Trinajstić information content (AvgIpc) is 2.94. The van der Waals surface area contributed by atoms with E-state index in [0.717, 1.165) is 37.1 Å². The molecule has 10 nitrogen and oxygen atoms in total. The van der Waals surface area contributed by atoms with Crippen molar-refractivity contribution in [3.8, 4) is 0 Å². The van der Waals surface area contributed by atoms with Gasteiger partial charge in [0, 0.05) is 13.0 Å². The number of methoxy groups -OCH3 is 2. The zero-order valence-corrected chi connectivity index (χ0v) is 23.0. The third-order valence-electron chi connectivity index (χ3n) is 5.25. The molecule has 0 aliphatic rings. The SMILES string of the molecule is C/C=C\C(=N/O)NC(=O)C(C)CC.CCCC(COC(=O)c1ccc2ccccc2c1)OC.COC(=O)O. The molecule has 10 heteroatoms. The van der Waals surface area contributed by atoms with E-state index < -0.39 is 6.16 Å². The van der Waals surface area contributed by atoms with Crippen LogP contribution in [0.5, 0.6) is 0 Å². The highest BCUT2D eigenvalue weighted by Crippen LogP contribution is 2.16. The van der Waals surface area contributed by atoms with Crippen molar-refractivity contribution in [1.29, 1.82) is 0 Å². The Morgan fingerprint density at radius 1 is 1.08 bits per heavy atom. The van der Waals surface area contributed by atoms with Gasteiger partial charge in [-0.3, -0.25) is 4.79 Å². The maximum absolute atomic E-state index is 12.0. The lowest BCUT2D eigenvalue weighted by atomic mass is 10.1. The van der Waals surface area contributed by atoms with Crippen molar-refractivity contribution in [1.82, 2.24) is 5.32 Å². The van der Waals surface area contributed by atoms with Crippen LogP contribution in [-0.2, 0) is 19.0 Å². The zero-order chi connectivity index (χ0) is 28.9. The summed E-state index contributed by atoms with van der Waals surface area (Å²) in [5.41, 5.74) is 0.579. The Bertz CT molecular complexity index is 1050. The number of rotatable bonds is 9. The summed E-state index contributed by atoms with van der Waals surface area (Å²) in [7, 11) is 2.74. The van der Waals surface area contributed by atoms with Crippen LogP contribution in [0.3, 0.4) is 0 Å². The smallest absolute Gasteiger partial charge is 0.459 e. The molecule has 0 aliphatic heterocycles. The van der Waals surface area contributed by atoms with E-state index in [0.29, 0.717) is 12.2 Å². The van der Waals surface area contributed by atoms with Crippen LogP contribution in [0.2, 0.25) is 0 Å². The molecule has 2 rings (SSSR count). The Hall–Kier alpha value is -3.92. The monoisotopic (exact) mass is 532 g/mol. The van der Waals surface area contributed by atoms with E-state index in [9.17, 15) is 9.59 Å². The van der Waals surface area contributed by atoms with Crippen LogP contribution in [0.4, 0.5) is 4.79 Å². The van der Waals surface area contributed by atoms with Gasteiger partial charge in [-0.2, -0.15) is 0 Å². The van der Waals surface area contributed by atoms with Crippen LogP contribution in [0.15, 0.2) is 59.8 Å². The number of amidine groups is 1. The quantitative estimate of drug-likeness (QED) is 0.124. The van der Waals surface area contributed by atoms with Gasteiger partial charge < -0.3 is 29.8 Å². The van der Waals surface area contributed by atoms with E-state index in [4.69, 9.17) is 24.6 Å². The number of carbonyl (C=O) groups is 3. The predicted octanol–water partition coefficient (Wildman–Crippen LogP) is 5.64. The van der Waals surface area contributed by atoms with Crippen molar-refractivity contribution in [3.63, 3.8) is 0 Å². The molecule has 0 fully saturated rings. The number of carboxylic acid groups (broad SMARTS) is 1. The summed E-state index contributed by atoms with van der Waals surface area (Å²) < 4.78 is 14.3. The number of hydrogen-bond donors (Lipinski definition) is 3. The second-order valence-electron chi connectivity index (χ2n) is 8.06. The molecule has 0 aliphatic carbocycles. The van der Waals surface area contributed by atoms with Crippen LogP contribution >= 0.6 is 0 Å². The molecule has 38 heavy (non-hydrogen) atoms. The van der Waals surface area contributed by atoms with Crippen LogP contribution in [0.1, 0.15) is 57.3 Å². The Morgan fingerprint density at radius 2 is 1.71 bits per heavy atom. The fourth-order valence-corrected chi connectivity index (χ4v) is 2.85. The molecule has 0 heterocycles. The van der Waals surface area contributed by atoms with Crippen LogP contribution in [-0.4, -0.2) is 61.1 Å². The van der Waals surface area contributed by atoms with Crippen molar-refractivity contribution < 1.29 is 38.9 Å². The van der Waals surface area contributed by atoms with Crippen molar-refractivity contribution >= 4 is 34.6 Å². The highest BCUT2D eigenvalue weighted by atomic mass is 16.6. The van der Waals surface area contributed by atoms with Crippen molar-refractivity contribution in [2.75, 3.05) is 20.8 Å². The van der Waals surface area contributed by atoms with Gasteiger partial charge in [0.2, 0.25) is 5.91 Å². The first kappa shape index (κ1) is 34.1. The summed E-state index contributed by atoms with van der Waals surface area (Å²) in [5, 5.41) is 23.6. The summed E-state index contributed by atoms with van der Waals surface area (Å²) in [6, 6.07) is 13.5. The lowest BCUT2D eigenvalue weighted by molar-refractivity contribution is -0.123. The number of fused-ring (bicyclic) bond motifs is 1. The van der Waals surface area contributed by atoms with E-state index in [-0.39, 0.29) is 29.7 Å². The van der Waals surface area contributed by atoms with Crippen LogP contribution in [0.25, 0.3) is 10.8 Å². The highest BCUT2D eigenvalue weighted by molar-refractivity contribution is 6.04. The fourth-order valence-electron chi connectivity index (χ4n) is 2.85. The minimum atomic E-state index is -1.25. The first-order valence-electron chi connectivity index (χ1n) is 12.3. The number of nitrogens with one attached hydrogen (secondary N) is 1. The minimum absolute atomic E-state index is 0.0237. The van der Waals surface area contributed by atoms with Gasteiger partial charge in [0.25, 0.3) is 0 Å². The fraction of sp³-hybridized carbons (Fsp3) is 0.429. The second-order valence-corrected chi connectivity index (χ2v) is 8.06. The molecule has 0 saturated heterocycles. The van der Waals surface area contributed by atoms with Crippen LogP contribution < -0.4 is 5.32 Å². The van der Waals surface area contributed by atoms with Crippen molar-refractivity contribution in [2.45, 2.75) is 53.1 Å².